The van der Waals surface area contributed by atoms with Crippen LogP contribution in [0.2, 0.25) is 0 Å². The molecule has 0 aromatic carbocycles. The van der Waals surface area contributed by atoms with Crippen LogP contribution in [0, 0.1) is 0 Å². The van der Waals surface area contributed by atoms with Crippen molar-refractivity contribution in [1.29, 1.82) is 0 Å². The van der Waals surface area contributed by atoms with Crippen LogP contribution in [0.3, 0.4) is 0 Å². The lowest BCUT2D eigenvalue weighted by Crippen LogP contribution is -3.00. The second-order valence-corrected chi connectivity index (χ2v) is 5.32. The van der Waals surface area contributed by atoms with Crippen LogP contribution in [0.1, 0.15) is 70.8 Å². The van der Waals surface area contributed by atoms with Gasteiger partial charge in [-0.2, -0.15) is 0 Å². The molecule has 0 amide bonds. The second-order valence-electron chi connectivity index (χ2n) is 5.32. The molecular formula is C17H30ClN. The van der Waals surface area contributed by atoms with Crippen molar-refractivity contribution < 1.29 is 17.0 Å². The average molecular weight is 284 g/mol. The SMILES string of the molecule is CCCCCCCC[n+]1cccc(CCCC)c1.[Cl-]. The van der Waals surface area contributed by atoms with Gasteiger partial charge < -0.3 is 12.4 Å². The molecule has 0 fully saturated rings. The minimum absolute atomic E-state index is 0. The van der Waals surface area contributed by atoms with E-state index in [1.807, 2.05) is 0 Å². The van der Waals surface area contributed by atoms with Gasteiger partial charge in [-0.05, 0) is 25.3 Å². The molecule has 0 aliphatic carbocycles. The predicted octanol–water partition coefficient (Wildman–Crippen LogP) is 1.68. The lowest BCUT2D eigenvalue weighted by molar-refractivity contribution is -0.697. The highest BCUT2D eigenvalue weighted by Gasteiger charge is 2.02. The fourth-order valence-electron chi connectivity index (χ4n) is 2.32. The third-order valence-electron chi connectivity index (χ3n) is 3.51. The van der Waals surface area contributed by atoms with Crippen molar-refractivity contribution in [1.82, 2.24) is 0 Å². The minimum atomic E-state index is 0. The molecule has 0 aliphatic rings. The molecule has 0 bridgehead atoms. The third-order valence-corrected chi connectivity index (χ3v) is 3.51. The smallest absolute Gasteiger partial charge is 0.171 e. The maximum absolute atomic E-state index is 2.37. The van der Waals surface area contributed by atoms with Crippen molar-refractivity contribution >= 4 is 0 Å². The molecule has 1 rings (SSSR count). The predicted molar refractivity (Wildman–Crippen MR) is 78.6 cm³/mol. The molecule has 1 aromatic rings. The zero-order valence-electron chi connectivity index (χ0n) is 12.7. The number of nitrogens with zero attached hydrogens (tertiary/aromatic N) is 1. The number of aromatic nitrogens is 1. The Kier molecular flexibility index (Phi) is 12.1. The van der Waals surface area contributed by atoms with Crippen molar-refractivity contribution in [2.24, 2.45) is 0 Å². The summed E-state index contributed by atoms with van der Waals surface area (Å²) in [4.78, 5) is 0. The molecule has 19 heavy (non-hydrogen) atoms. The maximum atomic E-state index is 2.37. The summed E-state index contributed by atoms with van der Waals surface area (Å²) in [5.74, 6) is 0. The van der Waals surface area contributed by atoms with E-state index in [0.29, 0.717) is 0 Å². The number of hydrogen-bond acceptors (Lipinski definition) is 0. The summed E-state index contributed by atoms with van der Waals surface area (Å²) >= 11 is 0. The molecule has 0 aliphatic heterocycles. The van der Waals surface area contributed by atoms with Gasteiger partial charge >= 0.3 is 0 Å². The lowest BCUT2D eigenvalue weighted by Gasteiger charge is -2.01. The van der Waals surface area contributed by atoms with E-state index in [1.54, 1.807) is 0 Å². The molecule has 0 spiro atoms. The van der Waals surface area contributed by atoms with Crippen LogP contribution in [0.25, 0.3) is 0 Å². The highest BCUT2D eigenvalue weighted by atomic mass is 35.5. The fourth-order valence-corrected chi connectivity index (χ4v) is 2.32. The second kappa shape index (κ2) is 12.5. The lowest BCUT2D eigenvalue weighted by atomic mass is 10.1. The quantitative estimate of drug-likeness (QED) is 0.454. The zero-order chi connectivity index (χ0) is 13.1. The van der Waals surface area contributed by atoms with Gasteiger partial charge in [-0.3, -0.25) is 0 Å². The van der Waals surface area contributed by atoms with Crippen molar-refractivity contribution in [3.05, 3.63) is 30.1 Å². The minimum Gasteiger partial charge on any atom is -1.00 e. The monoisotopic (exact) mass is 283 g/mol. The van der Waals surface area contributed by atoms with Crippen LogP contribution in [-0.4, -0.2) is 0 Å². The van der Waals surface area contributed by atoms with Crippen LogP contribution >= 0.6 is 0 Å². The molecule has 0 unspecified atom stereocenters. The highest BCUT2D eigenvalue weighted by Crippen LogP contribution is 2.05. The van der Waals surface area contributed by atoms with Crippen molar-refractivity contribution in [2.75, 3.05) is 0 Å². The maximum Gasteiger partial charge on any atom is 0.171 e. The Labute approximate surface area is 125 Å². The summed E-state index contributed by atoms with van der Waals surface area (Å²) in [6.07, 6.45) is 16.6. The van der Waals surface area contributed by atoms with Gasteiger partial charge in [0.1, 0.15) is 6.54 Å². The first-order valence-electron chi connectivity index (χ1n) is 7.84. The molecule has 0 saturated heterocycles. The van der Waals surface area contributed by atoms with Gasteiger partial charge in [-0.1, -0.05) is 46.0 Å². The summed E-state index contributed by atoms with van der Waals surface area (Å²) < 4.78 is 2.37. The van der Waals surface area contributed by atoms with Crippen LogP contribution in [0.15, 0.2) is 24.5 Å². The Bertz CT molecular complexity index is 312. The summed E-state index contributed by atoms with van der Waals surface area (Å²) in [6.45, 7) is 5.72. The Morgan fingerprint density at radius 2 is 1.58 bits per heavy atom. The molecular weight excluding hydrogens is 254 g/mol. The van der Waals surface area contributed by atoms with Gasteiger partial charge in [-0.15, -0.1) is 0 Å². The Morgan fingerprint density at radius 3 is 2.32 bits per heavy atom. The van der Waals surface area contributed by atoms with E-state index in [1.165, 1.54) is 69.9 Å². The van der Waals surface area contributed by atoms with E-state index in [4.69, 9.17) is 0 Å². The standard InChI is InChI=1S/C17H30N.ClH/c1-3-5-7-8-9-10-14-18-15-11-13-17(16-18)12-6-4-2;/h11,13,15-16H,3-10,12,14H2,1-2H3;1H/q+1;/p-1. The van der Waals surface area contributed by atoms with Crippen molar-refractivity contribution in [3.63, 3.8) is 0 Å². The first-order chi connectivity index (χ1) is 8.86. The van der Waals surface area contributed by atoms with Crippen LogP contribution < -0.4 is 17.0 Å². The van der Waals surface area contributed by atoms with Gasteiger partial charge in [-0.25, -0.2) is 4.57 Å². The molecule has 1 aromatic heterocycles. The average Bonchev–Trinajstić information content (AvgIpc) is 2.41. The summed E-state index contributed by atoms with van der Waals surface area (Å²) in [7, 11) is 0. The molecule has 0 radical (unpaired) electrons. The number of halogens is 1. The van der Waals surface area contributed by atoms with Crippen molar-refractivity contribution in [3.8, 4) is 0 Å². The van der Waals surface area contributed by atoms with Gasteiger partial charge in [0.25, 0.3) is 0 Å². The van der Waals surface area contributed by atoms with Crippen LogP contribution in [0.5, 0.6) is 0 Å². The molecule has 2 heteroatoms. The van der Waals surface area contributed by atoms with E-state index in [9.17, 15) is 0 Å². The number of rotatable bonds is 10. The van der Waals surface area contributed by atoms with Crippen molar-refractivity contribution in [2.45, 2.75) is 78.2 Å². The summed E-state index contributed by atoms with van der Waals surface area (Å²) in [5, 5.41) is 0. The number of aryl methyl sites for hydroxylation is 2. The van der Waals surface area contributed by atoms with Gasteiger partial charge in [0.2, 0.25) is 0 Å². The first kappa shape index (κ1) is 18.4. The molecule has 0 atom stereocenters. The highest BCUT2D eigenvalue weighted by molar-refractivity contribution is 5.05. The number of hydrogen-bond donors (Lipinski definition) is 0. The Hall–Kier alpha value is -0.560. The number of pyridine rings is 1. The zero-order valence-corrected chi connectivity index (χ0v) is 13.5. The molecule has 110 valence electrons. The normalized spacial score (nSPS) is 10.2. The van der Waals surface area contributed by atoms with E-state index in [0.717, 1.165) is 0 Å². The van der Waals surface area contributed by atoms with E-state index >= 15 is 0 Å². The fraction of sp³-hybridized carbons (Fsp3) is 0.706. The first-order valence-corrected chi connectivity index (χ1v) is 7.84. The Balaban J connectivity index is 0.00000324. The van der Waals surface area contributed by atoms with E-state index in [-0.39, 0.29) is 12.4 Å². The molecule has 1 heterocycles. The van der Waals surface area contributed by atoms with E-state index < -0.39 is 0 Å². The van der Waals surface area contributed by atoms with Crippen LogP contribution in [0.4, 0.5) is 0 Å². The number of unbranched alkanes of at least 4 members (excludes halogenated alkanes) is 6. The van der Waals surface area contributed by atoms with E-state index in [2.05, 4.69) is 42.9 Å². The Morgan fingerprint density at radius 1 is 0.895 bits per heavy atom. The van der Waals surface area contributed by atoms with Crippen LogP contribution in [-0.2, 0) is 13.0 Å². The van der Waals surface area contributed by atoms with Gasteiger partial charge in [0, 0.05) is 18.1 Å². The molecule has 0 N–H and O–H groups in total. The summed E-state index contributed by atoms with van der Waals surface area (Å²) in [5.41, 5.74) is 1.49. The largest absolute Gasteiger partial charge is 1.00 e. The summed E-state index contributed by atoms with van der Waals surface area (Å²) in [6, 6.07) is 4.45. The van der Waals surface area contributed by atoms with Gasteiger partial charge in [0.15, 0.2) is 12.4 Å². The molecule has 1 nitrogen and oxygen atoms in total. The molecule has 0 saturated carbocycles. The third kappa shape index (κ3) is 9.04. The topological polar surface area (TPSA) is 3.88 Å². The van der Waals surface area contributed by atoms with Gasteiger partial charge in [0.05, 0.1) is 0 Å².